The Hall–Kier alpha value is -0.0400. The number of hydrogen-bond acceptors (Lipinski definition) is 4. The van der Waals surface area contributed by atoms with Gasteiger partial charge in [-0.3, -0.25) is 4.68 Å². The van der Waals surface area contributed by atoms with Crippen LogP contribution in [0.3, 0.4) is 0 Å². The maximum absolute atomic E-state index is 6.37. The van der Waals surface area contributed by atoms with Crippen molar-refractivity contribution in [1.82, 2.24) is 9.78 Å². The summed E-state index contributed by atoms with van der Waals surface area (Å²) in [6, 6.07) is 0.0683. The Balaban J connectivity index is 2.14. The Morgan fingerprint density at radius 3 is 3.24 bits per heavy atom. The molecular formula is C11H18BrN3OS. The van der Waals surface area contributed by atoms with Gasteiger partial charge in [0.1, 0.15) is 0 Å². The normalized spacial score (nSPS) is 21.9. The number of hydrogen-bond donors (Lipinski definition) is 1. The predicted molar refractivity (Wildman–Crippen MR) is 74.2 cm³/mol. The zero-order valence-corrected chi connectivity index (χ0v) is 12.3. The molecule has 1 aromatic rings. The highest BCUT2D eigenvalue weighted by molar-refractivity contribution is 9.10. The van der Waals surface area contributed by atoms with Crippen LogP contribution in [0.15, 0.2) is 10.7 Å². The molecular weight excluding hydrogens is 302 g/mol. The SMILES string of the molecule is COCCn1ncc(Br)c1C(N)C1CCSC1. The maximum Gasteiger partial charge on any atom is 0.0697 e. The summed E-state index contributed by atoms with van der Waals surface area (Å²) in [6.45, 7) is 1.41. The minimum Gasteiger partial charge on any atom is -0.383 e. The van der Waals surface area contributed by atoms with Crippen LogP contribution in [0.2, 0.25) is 0 Å². The minimum atomic E-state index is 0.0683. The third-order valence-electron chi connectivity index (χ3n) is 3.13. The zero-order valence-electron chi connectivity index (χ0n) is 9.93. The molecule has 2 heterocycles. The second kappa shape index (κ2) is 6.22. The summed E-state index contributed by atoms with van der Waals surface area (Å²) in [6.07, 6.45) is 3.03. The molecule has 0 bridgehead atoms. The zero-order chi connectivity index (χ0) is 12.3. The highest BCUT2D eigenvalue weighted by atomic mass is 79.9. The molecule has 0 radical (unpaired) electrons. The van der Waals surface area contributed by atoms with E-state index in [1.54, 1.807) is 7.11 Å². The predicted octanol–water partition coefficient (Wildman–Crippen LogP) is 2.04. The molecule has 17 heavy (non-hydrogen) atoms. The van der Waals surface area contributed by atoms with Crippen LogP contribution in [0.1, 0.15) is 18.2 Å². The first-order valence-corrected chi connectivity index (χ1v) is 7.72. The lowest BCUT2D eigenvalue weighted by Gasteiger charge is -2.20. The molecule has 2 N–H and O–H groups in total. The summed E-state index contributed by atoms with van der Waals surface area (Å²) in [4.78, 5) is 0. The van der Waals surface area contributed by atoms with Crippen LogP contribution in [0, 0.1) is 5.92 Å². The Bertz CT molecular complexity index is 366. The van der Waals surface area contributed by atoms with Crippen molar-refractivity contribution in [2.75, 3.05) is 25.2 Å². The van der Waals surface area contributed by atoms with E-state index in [-0.39, 0.29) is 6.04 Å². The summed E-state index contributed by atoms with van der Waals surface area (Å²) in [5.74, 6) is 2.94. The van der Waals surface area contributed by atoms with E-state index in [2.05, 4.69) is 21.0 Å². The highest BCUT2D eigenvalue weighted by Gasteiger charge is 2.27. The van der Waals surface area contributed by atoms with Gasteiger partial charge in [-0.2, -0.15) is 16.9 Å². The van der Waals surface area contributed by atoms with Crippen LogP contribution < -0.4 is 5.73 Å². The molecule has 1 saturated heterocycles. The van der Waals surface area contributed by atoms with Crippen molar-refractivity contribution in [3.63, 3.8) is 0 Å². The molecule has 1 aliphatic rings. The largest absolute Gasteiger partial charge is 0.383 e. The number of nitrogens with zero attached hydrogens (tertiary/aromatic N) is 2. The maximum atomic E-state index is 6.37. The molecule has 96 valence electrons. The first-order chi connectivity index (χ1) is 8.24. The van der Waals surface area contributed by atoms with E-state index in [1.807, 2.05) is 22.6 Å². The Labute approximate surface area is 114 Å². The topological polar surface area (TPSA) is 53.1 Å². The molecule has 1 fully saturated rings. The van der Waals surface area contributed by atoms with E-state index in [0.29, 0.717) is 12.5 Å². The van der Waals surface area contributed by atoms with E-state index in [0.717, 1.165) is 22.5 Å². The average Bonchev–Trinajstić information content (AvgIpc) is 2.95. The Morgan fingerprint density at radius 1 is 1.76 bits per heavy atom. The molecule has 0 aliphatic carbocycles. The molecule has 0 amide bonds. The highest BCUT2D eigenvalue weighted by Crippen LogP contribution is 2.35. The number of rotatable bonds is 5. The van der Waals surface area contributed by atoms with E-state index in [9.17, 15) is 0 Å². The number of methoxy groups -OCH3 is 1. The van der Waals surface area contributed by atoms with Gasteiger partial charge in [0, 0.05) is 7.11 Å². The number of thioether (sulfide) groups is 1. The standard InChI is InChI=1S/C11H18BrN3OS/c1-16-4-3-15-11(9(12)6-14-15)10(13)8-2-5-17-7-8/h6,8,10H,2-5,7,13H2,1H3. The molecule has 2 unspecified atom stereocenters. The van der Waals surface area contributed by atoms with Crippen molar-refractivity contribution in [2.24, 2.45) is 11.7 Å². The smallest absolute Gasteiger partial charge is 0.0697 e. The van der Waals surface area contributed by atoms with Crippen molar-refractivity contribution in [3.8, 4) is 0 Å². The summed E-state index contributed by atoms with van der Waals surface area (Å²) >= 11 is 5.53. The van der Waals surface area contributed by atoms with Gasteiger partial charge in [0.25, 0.3) is 0 Å². The summed E-state index contributed by atoms with van der Waals surface area (Å²) in [5.41, 5.74) is 7.48. The first kappa shape index (κ1) is 13.4. The molecule has 2 rings (SSSR count). The van der Waals surface area contributed by atoms with Crippen LogP contribution in [0.25, 0.3) is 0 Å². The van der Waals surface area contributed by atoms with Gasteiger partial charge < -0.3 is 10.5 Å². The van der Waals surface area contributed by atoms with Gasteiger partial charge in [-0.25, -0.2) is 0 Å². The van der Waals surface area contributed by atoms with E-state index >= 15 is 0 Å². The summed E-state index contributed by atoms with van der Waals surface area (Å²) in [5, 5.41) is 4.35. The molecule has 4 nitrogen and oxygen atoms in total. The average molecular weight is 320 g/mol. The fraction of sp³-hybridized carbons (Fsp3) is 0.727. The number of ether oxygens (including phenoxy) is 1. The molecule has 0 saturated carbocycles. The van der Waals surface area contributed by atoms with E-state index in [4.69, 9.17) is 10.5 Å². The quantitative estimate of drug-likeness (QED) is 0.902. The summed E-state index contributed by atoms with van der Waals surface area (Å²) < 4.78 is 8.07. The lowest BCUT2D eigenvalue weighted by molar-refractivity contribution is 0.181. The lowest BCUT2D eigenvalue weighted by atomic mass is 9.97. The van der Waals surface area contributed by atoms with E-state index in [1.165, 1.54) is 12.2 Å². The fourth-order valence-electron chi connectivity index (χ4n) is 2.12. The van der Waals surface area contributed by atoms with Crippen molar-refractivity contribution in [2.45, 2.75) is 19.0 Å². The third kappa shape index (κ3) is 3.05. The van der Waals surface area contributed by atoms with Crippen LogP contribution in [0.5, 0.6) is 0 Å². The number of nitrogens with two attached hydrogens (primary N) is 1. The fourth-order valence-corrected chi connectivity index (χ4v) is 3.99. The molecule has 6 heteroatoms. The van der Waals surface area contributed by atoms with E-state index < -0.39 is 0 Å². The molecule has 1 aliphatic heterocycles. The Kier molecular flexibility index (Phi) is 4.90. The molecule has 1 aromatic heterocycles. The van der Waals surface area contributed by atoms with Gasteiger partial charge in [0.05, 0.1) is 35.6 Å². The van der Waals surface area contributed by atoms with Gasteiger partial charge in [0.15, 0.2) is 0 Å². The lowest BCUT2D eigenvalue weighted by Crippen LogP contribution is -2.25. The van der Waals surface area contributed by atoms with Gasteiger partial charge in [-0.05, 0) is 39.8 Å². The Morgan fingerprint density at radius 2 is 2.59 bits per heavy atom. The van der Waals surface area contributed by atoms with Gasteiger partial charge >= 0.3 is 0 Å². The van der Waals surface area contributed by atoms with Crippen LogP contribution in [-0.4, -0.2) is 35.0 Å². The molecule has 0 aromatic carbocycles. The minimum absolute atomic E-state index is 0.0683. The summed E-state index contributed by atoms with van der Waals surface area (Å²) in [7, 11) is 1.70. The second-order valence-electron chi connectivity index (χ2n) is 4.24. The van der Waals surface area contributed by atoms with Gasteiger partial charge in [-0.1, -0.05) is 0 Å². The van der Waals surface area contributed by atoms with Crippen LogP contribution >= 0.6 is 27.7 Å². The van der Waals surface area contributed by atoms with Crippen molar-refractivity contribution in [1.29, 1.82) is 0 Å². The monoisotopic (exact) mass is 319 g/mol. The second-order valence-corrected chi connectivity index (χ2v) is 6.25. The van der Waals surface area contributed by atoms with Crippen molar-refractivity contribution >= 4 is 27.7 Å². The van der Waals surface area contributed by atoms with Crippen LogP contribution in [0.4, 0.5) is 0 Å². The molecule has 0 spiro atoms. The van der Waals surface area contributed by atoms with Crippen molar-refractivity contribution < 1.29 is 4.74 Å². The van der Waals surface area contributed by atoms with Crippen molar-refractivity contribution in [3.05, 3.63) is 16.4 Å². The third-order valence-corrected chi connectivity index (χ3v) is 4.93. The molecule has 2 atom stereocenters. The van der Waals surface area contributed by atoms with Gasteiger partial charge in [0.2, 0.25) is 0 Å². The number of halogens is 1. The first-order valence-electron chi connectivity index (χ1n) is 5.77. The number of aromatic nitrogens is 2. The van der Waals surface area contributed by atoms with Gasteiger partial charge in [-0.15, -0.1) is 0 Å². The van der Waals surface area contributed by atoms with Crippen LogP contribution in [-0.2, 0) is 11.3 Å².